The van der Waals surface area contributed by atoms with Crippen molar-refractivity contribution in [1.29, 1.82) is 0 Å². The van der Waals surface area contributed by atoms with E-state index in [1.54, 1.807) is 16.8 Å². The van der Waals surface area contributed by atoms with Gasteiger partial charge in [0, 0.05) is 31.2 Å². The number of hydrogen-bond acceptors (Lipinski definition) is 7. The minimum atomic E-state index is -3.74. The van der Waals surface area contributed by atoms with Gasteiger partial charge in [-0.3, -0.25) is 0 Å². The molecule has 0 aliphatic carbocycles. The van der Waals surface area contributed by atoms with Crippen LogP contribution in [0, 0.1) is 0 Å². The van der Waals surface area contributed by atoms with Crippen LogP contribution in [0.25, 0.3) is 5.69 Å². The normalized spacial score (nSPS) is 15.4. The topological polar surface area (TPSA) is 93.5 Å². The highest BCUT2D eigenvalue weighted by Gasteiger charge is 2.32. The van der Waals surface area contributed by atoms with Crippen molar-refractivity contribution in [2.24, 2.45) is 0 Å². The smallest absolute Gasteiger partial charge is 0.250 e. The first-order valence-corrected chi connectivity index (χ1v) is 10.7. The summed E-state index contributed by atoms with van der Waals surface area (Å²) in [6.07, 6.45) is 0. The van der Waals surface area contributed by atoms with Gasteiger partial charge in [-0.25, -0.2) is 8.42 Å². The van der Waals surface area contributed by atoms with Crippen LogP contribution >= 0.6 is 11.6 Å². The first-order chi connectivity index (χ1) is 14.0. The van der Waals surface area contributed by atoms with Gasteiger partial charge in [0.1, 0.15) is 10.6 Å². The molecule has 1 saturated heterocycles. The lowest BCUT2D eigenvalue weighted by Crippen LogP contribution is -2.49. The Bertz CT molecular complexity index is 1100. The second-order valence-corrected chi connectivity index (χ2v) is 8.76. The molecule has 1 fully saturated rings. The van der Waals surface area contributed by atoms with E-state index in [2.05, 4.69) is 15.5 Å². The van der Waals surface area contributed by atoms with Crippen molar-refractivity contribution in [3.05, 3.63) is 53.6 Å². The molecule has 0 spiro atoms. The van der Waals surface area contributed by atoms with Crippen molar-refractivity contribution in [3.63, 3.8) is 0 Å². The maximum Gasteiger partial charge on any atom is 0.250 e. The van der Waals surface area contributed by atoms with E-state index in [1.807, 2.05) is 35.2 Å². The third-order valence-corrected chi connectivity index (χ3v) is 6.87. The Morgan fingerprint density at radius 3 is 2.45 bits per heavy atom. The zero-order chi connectivity index (χ0) is 20.4. The Balaban J connectivity index is 1.54. The summed E-state index contributed by atoms with van der Waals surface area (Å²) in [6.45, 7) is 1.49. The van der Waals surface area contributed by atoms with Crippen LogP contribution in [0.1, 0.15) is 0 Å². The van der Waals surface area contributed by atoms with Gasteiger partial charge in [0.15, 0.2) is 0 Å². The number of aromatic nitrogens is 4. The summed E-state index contributed by atoms with van der Waals surface area (Å²) in [6, 6.07) is 14.1. The molecule has 29 heavy (non-hydrogen) atoms. The monoisotopic (exact) mass is 434 g/mol. The maximum absolute atomic E-state index is 13.1. The molecule has 0 atom stereocenters. The Kier molecular flexibility index (Phi) is 5.39. The number of anilines is 1. The van der Waals surface area contributed by atoms with Gasteiger partial charge in [0.2, 0.25) is 16.0 Å². The largest absolute Gasteiger partial charge is 0.495 e. The minimum absolute atomic E-state index is 0.0649. The van der Waals surface area contributed by atoms with Crippen molar-refractivity contribution in [1.82, 2.24) is 24.5 Å². The molecule has 2 aromatic carbocycles. The van der Waals surface area contributed by atoms with Gasteiger partial charge in [-0.2, -0.15) is 8.99 Å². The van der Waals surface area contributed by atoms with E-state index in [-0.39, 0.29) is 10.6 Å². The van der Waals surface area contributed by atoms with Crippen LogP contribution < -0.4 is 9.64 Å². The maximum atomic E-state index is 13.1. The summed E-state index contributed by atoms with van der Waals surface area (Å²) in [5, 5.41) is 12.3. The molecule has 1 aromatic heterocycles. The average Bonchev–Trinajstić information content (AvgIpc) is 3.24. The summed E-state index contributed by atoms with van der Waals surface area (Å²) in [7, 11) is -2.31. The van der Waals surface area contributed by atoms with Gasteiger partial charge < -0.3 is 9.64 Å². The Hall–Kier alpha value is -2.69. The second kappa shape index (κ2) is 7.97. The van der Waals surface area contributed by atoms with Gasteiger partial charge >= 0.3 is 0 Å². The van der Waals surface area contributed by atoms with Gasteiger partial charge in [0.05, 0.1) is 12.8 Å². The van der Waals surface area contributed by atoms with Crippen LogP contribution in [0.5, 0.6) is 5.75 Å². The first-order valence-electron chi connectivity index (χ1n) is 8.93. The van der Waals surface area contributed by atoms with Gasteiger partial charge in [-0.15, -0.1) is 0 Å². The van der Waals surface area contributed by atoms with E-state index in [4.69, 9.17) is 16.3 Å². The van der Waals surface area contributed by atoms with E-state index in [0.29, 0.717) is 37.1 Å². The van der Waals surface area contributed by atoms with Crippen LogP contribution in [0.3, 0.4) is 0 Å². The zero-order valence-electron chi connectivity index (χ0n) is 15.6. The van der Waals surface area contributed by atoms with Crippen molar-refractivity contribution in [3.8, 4) is 11.4 Å². The molecule has 2 heterocycles. The summed E-state index contributed by atoms with van der Waals surface area (Å²) < 4.78 is 34.5. The Morgan fingerprint density at radius 1 is 1.03 bits per heavy atom. The Morgan fingerprint density at radius 2 is 1.76 bits per heavy atom. The minimum Gasteiger partial charge on any atom is -0.495 e. The van der Waals surface area contributed by atoms with E-state index >= 15 is 0 Å². The Labute approximate surface area is 173 Å². The quantitative estimate of drug-likeness (QED) is 0.604. The fraction of sp³-hybridized carbons (Fsp3) is 0.278. The number of piperazine rings is 1. The highest BCUT2D eigenvalue weighted by Crippen LogP contribution is 2.30. The molecule has 152 valence electrons. The van der Waals surface area contributed by atoms with Gasteiger partial charge in [-0.1, -0.05) is 34.9 Å². The molecule has 11 heteroatoms. The van der Waals surface area contributed by atoms with Crippen LogP contribution in [0.2, 0.25) is 5.02 Å². The lowest BCUT2D eigenvalue weighted by Gasteiger charge is -2.34. The number of hydrogen-bond donors (Lipinski definition) is 0. The first kappa shape index (κ1) is 19.6. The summed E-state index contributed by atoms with van der Waals surface area (Å²) in [5.74, 6) is 0.846. The van der Waals surface area contributed by atoms with E-state index in [1.165, 1.54) is 17.5 Å². The van der Waals surface area contributed by atoms with Crippen molar-refractivity contribution in [2.45, 2.75) is 4.90 Å². The van der Waals surface area contributed by atoms with Crippen molar-refractivity contribution < 1.29 is 13.2 Å². The number of benzene rings is 2. The molecule has 9 nitrogen and oxygen atoms in total. The molecule has 3 aromatic rings. The van der Waals surface area contributed by atoms with Gasteiger partial charge in [0.25, 0.3) is 0 Å². The molecular formula is C18H19ClN6O3S. The molecular weight excluding hydrogens is 416 g/mol. The standard InChI is InChI=1S/C18H19ClN6O3S/c1-28-16-8-7-14(19)13-17(16)29(26,27)24-11-9-23(10-12-24)18-20-21-22-25(18)15-5-3-2-4-6-15/h2-8,13H,9-12H2,1H3. The lowest BCUT2D eigenvalue weighted by atomic mass is 10.3. The van der Waals surface area contributed by atoms with Crippen LogP contribution in [0.4, 0.5) is 5.95 Å². The average molecular weight is 435 g/mol. The number of para-hydroxylation sites is 1. The lowest BCUT2D eigenvalue weighted by molar-refractivity contribution is 0.372. The third kappa shape index (κ3) is 3.78. The number of ether oxygens (including phenoxy) is 1. The molecule has 1 aliphatic heterocycles. The second-order valence-electron chi connectivity index (χ2n) is 6.41. The SMILES string of the molecule is COc1ccc(Cl)cc1S(=O)(=O)N1CCN(c2nnnn2-c2ccccc2)CC1. The summed E-state index contributed by atoms with van der Waals surface area (Å²) in [4.78, 5) is 2.03. The van der Waals surface area contributed by atoms with E-state index in [0.717, 1.165) is 5.69 Å². The molecule has 0 N–H and O–H groups in total. The number of rotatable bonds is 5. The highest BCUT2D eigenvalue weighted by molar-refractivity contribution is 7.89. The molecule has 0 bridgehead atoms. The van der Waals surface area contributed by atoms with Crippen LogP contribution in [-0.2, 0) is 10.0 Å². The summed E-state index contributed by atoms with van der Waals surface area (Å²) >= 11 is 6.01. The number of sulfonamides is 1. The molecule has 0 amide bonds. The molecule has 4 rings (SSSR count). The molecule has 0 radical (unpaired) electrons. The predicted octanol–water partition coefficient (Wildman–Crippen LogP) is 1.84. The number of tetrazole rings is 1. The van der Waals surface area contributed by atoms with Crippen LogP contribution in [-0.4, -0.2) is 66.2 Å². The molecule has 0 saturated carbocycles. The number of methoxy groups -OCH3 is 1. The van der Waals surface area contributed by atoms with E-state index < -0.39 is 10.0 Å². The van der Waals surface area contributed by atoms with Crippen molar-refractivity contribution in [2.75, 3.05) is 38.2 Å². The summed E-state index contributed by atoms with van der Waals surface area (Å²) in [5.41, 5.74) is 0.839. The van der Waals surface area contributed by atoms with Crippen molar-refractivity contribution >= 4 is 27.6 Å². The zero-order valence-corrected chi connectivity index (χ0v) is 17.2. The molecule has 1 aliphatic rings. The number of halogens is 1. The predicted molar refractivity (Wildman–Crippen MR) is 108 cm³/mol. The molecule has 0 unspecified atom stereocenters. The van der Waals surface area contributed by atoms with Crippen LogP contribution in [0.15, 0.2) is 53.4 Å². The van der Waals surface area contributed by atoms with E-state index in [9.17, 15) is 8.42 Å². The fourth-order valence-electron chi connectivity index (χ4n) is 3.24. The third-order valence-electron chi connectivity index (χ3n) is 4.72. The highest BCUT2D eigenvalue weighted by atomic mass is 35.5. The number of nitrogens with zero attached hydrogens (tertiary/aromatic N) is 6. The fourth-order valence-corrected chi connectivity index (χ4v) is 5.08. The van der Waals surface area contributed by atoms with Gasteiger partial charge in [-0.05, 0) is 40.8 Å².